The molecule has 0 aliphatic carbocycles. The summed E-state index contributed by atoms with van der Waals surface area (Å²) in [7, 11) is 1.76. The number of ether oxygens (including phenoxy) is 2. The van der Waals surface area contributed by atoms with Crippen LogP contribution in [0.25, 0.3) is 0 Å². The first-order valence-electron chi connectivity index (χ1n) is 10.4. The zero-order valence-corrected chi connectivity index (χ0v) is 19.8. The first-order valence-corrected chi connectivity index (χ1v) is 10.4. The molecule has 0 rings (SSSR count). The van der Waals surface area contributed by atoms with Gasteiger partial charge in [0, 0.05) is 19.6 Å². The lowest BCUT2D eigenvalue weighted by atomic mass is 10.1. The van der Waals surface area contributed by atoms with Gasteiger partial charge in [0.25, 0.3) is 0 Å². The summed E-state index contributed by atoms with van der Waals surface area (Å²) < 4.78 is 10.4. The molecule has 1 atom stereocenters. The van der Waals surface area contributed by atoms with Crippen molar-refractivity contribution >= 4 is 24.0 Å². The Morgan fingerprint density at radius 2 is 1.35 bits per heavy atom. The van der Waals surface area contributed by atoms with Gasteiger partial charge in [-0.2, -0.15) is 0 Å². The van der Waals surface area contributed by atoms with Crippen LogP contribution in [-0.4, -0.2) is 74.5 Å². The van der Waals surface area contributed by atoms with Gasteiger partial charge in [0.05, 0.1) is 6.54 Å². The van der Waals surface area contributed by atoms with Crippen LogP contribution in [0.4, 0.5) is 9.59 Å². The average Bonchev–Trinajstić information content (AvgIpc) is 2.59. The summed E-state index contributed by atoms with van der Waals surface area (Å²) >= 11 is 0. The summed E-state index contributed by atoms with van der Waals surface area (Å²) in [5.74, 6) is -0.863. The SMILES string of the molecule is CNCCNC(=O)CNC(=O)C(CCCNC(=O)OC(C)(C)C)NC(=O)OC(C)(C)C. The summed E-state index contributed by atoms with van der Waals surface area (Å²) in [5.41, 5.74) is -1.34. The Bertz CT molecular complexity index is 598. The van der Waals surface area contributed by atoms with E-state index in [9.17, 15) is 19.2 Å². The monoisotopic (exact) mass is 445 g/mol. The van der Waals surface area contributed by atoms with Crippen LogP contribution < -0.4 is 26.6 Å². The van der Waals surface area contributed by atoms with Gasteiger partial charge in [-0.15, -0.1) is 0 Å². The lowest BCUT2D eigenvalue weighted by Crippen LogP contribution is -2.50. The Morgan fingerprint density at radius 3 is 1.90 bits per heavy atom. The summed E-state index contributed by atoms with van der Waals surface area (Å²) in [6.07, 6.45) is -0.693. The first kappa shape index (κ1) is 28.4. The second-order valence-corrected chi connectivity index (χ2v) is 8.94. The van der Waals surface area contributed by atoms with E-state index in [-0.39, 0.29) is 25.4 Å². The number of rotatable bonds is 11. The van der Waals surface area contributed by atoms with Gasteiger partial charge in [0.15, 0.2) is 0 Å². The van der Waals surface area contributed by atoms with Crippen LogP contribution in [0.15, 0.2) is 0 Å². The van der Waals surface area contributed by atoms with Gasteiger partial charge in [0.2, 0.25) is 11.8 Å². The van der Waals surface area contributed by atoms with Crippen molar-refractivity contribution in [2.75, 3.05) is 33.2 Å². The van der Waals surface area contributed by atoms with Crippen molar-refractivity contribution in [2.24, 2.45) is 0 Å². The Balaban J connectivity index is 4.70. The molecule has 5 N–H and O–H groups in total. The van der Waals surface area contributed by atoms with Crippen molar-refractivity contribution in [3.63, 3.8) is 0 Å². The predicted molar refractivity (Wildman–Crippen MR) is 117 cm³/mol. The number of hydrogen-bond donors (Lipinski definition) is 5. The van der Waals surface area contributed by atoms with Gasteiger partial charge < -0.3 is 36.1 Å². The maximum Gasteiger partial charge on any atom is 0.408 e. The number of carbonyl (C=O) groups excluding carboxylic acids is 4. The zero-order valence-electron chi connectivity index (χ0n) is 19.8. The summed E-state index contributed by atoms with van der Waals surface area (Å²) in [6.45, 7) is 11.5. The summed E-state index contributed by atoms with van der Waals surface area (Å²) in [4.78, 5) is 48.1. The number of likely N-dealkylation sites (N-methyl/N-ethyl adjacent to an activating group) is 1. The molecule has 11 nitrogen and oxygen atoms in total. The highest BCUT2D eigenvalue weighted by Crippen LogP contribution is 2.08. The van der Waals surface area contributed by atoms with Crippen LogP contribution in [0.2, 0.25) is 0 Å². The molecule has 0 aromatic carbocycles. The van der Waals surface area contributed by atoms with E-state index in [0.29, 0.717) is 19.5 Å². The van der Waals surface area contributed by atoms with E-state index in [2.05, 4.69) is 26.6 Å². The minimum Gasteiger partial charge on any atom is -0.444 e. The Kier molecular flexibility index (Phi) is 12.6. The van der Waals surface area contributed by atoms with Crippen molar-refractivity contribution in [1.29, 1.82) is 0 Å². The van der Waals surface area contributed by atoms with Gasteiger partial charge in [-0.3, -0.25) is 9.59 Å². The van der Waals surface area contributed by atoms with Crippen LogP contribution in [-0.2, 0) is 19.1 Å². The van der Waals surface area contributed by atoms with Crippen molar-refractivity contribution < 1.29 is 28.7 Å². The second kappa shape index (κ2) is 13.7. The standard InChI is InChI=1S/C20H39N5O6/c1-19(2,3)30-17(28)23-10-8-9-14(25-18(29)31-20(4,5)6)16(27)24-13-15(26)22-12-11-21-7/h14,21H,8-13H2,1-7H3,(H,22,26)(H,23,28)(H,24,27)(H,25,29). The summed E-state index contributed by atoms with van der Waals surface area (Å²) in [6, 6.07) is -0.930. The molecule has 0 bridgehead atoms. The van der Waals surface area contributed by atoms with E-state index in [4.69, 9.17) is 9.47 Å². The number of nitrogens with one attached hydrogen (secondary N) is 5. The van der Waals surface area contributed by atoms with Crippen LogP contribution in [0.1, 0.15) is 54.4 Å². The van der Waals surface area contributed by atoms with Crippen LogP contribution in [0.3, 0.4) is 0 Å². The topological polar surface area (TPSA) is 147 Å². The Morgan fingerprint density at radius 1 is 0.774 bits per heavy atom. The molecule has 0 spiro atoms. The van der Waals surface area contributed by atoms with Gasteiger partial charge in [0.1, 0.15) is 17.2 Å². The molecule has 180 valence electrons. The van der Waals surface area contributed by atoms with E-state index in [1.165, 1.54) is 0 Å². The molecule has 0 aromatic rings. The van der Waals surface area contributed by atoms with Crippen molar-refractivity contribution in [3.8, 4) is 0 Å². The molecule has 0 saturated heterocycles. The Hall–Kier alpha value is -2.56. The average molecular weight is 446 g/mol. The van der Waals surface area contributed by atoms with Gasteiger partial charge >= 0.3 is 12.2 Å². The van der Waals surface area contributed by atoms with E-state index in [0.717, 1.165) is 0 Å². The quantitative estimate of drug-likeness (QED) is 0.293. The molecular formula is C20H39N5O6. The molecule has 4 amide bonds. The molecule has 0 heterocycles. The first-order chi connectivity index (χ1) is 14.2. The predicted octanol–water partition coefficient (Wildman–Crippen LogP) is 0.636. The maximum atomic E-state index is 12.5. The third kappa shape index (κ3) is 16.9. The zero-order chi connectivity index (χ0) is 24.1. The fourth-order valence-corrected chi connectivity index (χ4v) is 2.21. The normalized spacial score (nSPS) is 12.4. The molecule has 0 radical (unpaired) electrons. The van der Waals surface area contributed by atoms with E-state index < -0.39 is 35.3 Å². The fraction of sp³-hybridized carbons (Fsp3) is 0.800. The minimum absolute atomic E-state index is 0.217. The van der Waals surface area contributed by atoms with E-state index in [1.54, 1.807) is 48.6 Å². The van der Waals surface area contributed by atoms with Crippen molar-refractivity contribution in [2.45, 2.75) is 71.6 Å². The molecule has 31 heavy (non-hydrogen) atoms. The molecule has 0 aliphatic rings. The lowest BCUT2D eigenvalue weighted by molar-refractivity contribution is -0.127. The fourth-order valence-electron chi connectivity index (χ4n) is 2.21. The minimum atomic E-state index is -0.930. The molecular weight excluding hydrogens is 406 g/mol. The molecule has 0 aromatic heterocycles. The highest BCUT2D eigenvalue weighted by atomic mass is 16.6. The largest absolute Gasteiger partial charge is 0.444 e. The molecule has 0 saturated carbocycles. The van der Waals surface area contributed by atoms with Crippen LogP contribution in [0.5, 0.6) is 0 Å². The molecule has 1 unspecified atom stereocenters. The lowest BCUT2D eigenvalue weighted by Gasteiger charge is -2.23. The maximum absolute atomic E-state index is 12.5. The Labute approximate surface area is 184 Å². The third-order valence-corrected chi connectivity index (χ3v) is 3.47. The molecule has 0 aliphatic heterocycles. The third-order valence-electron chi connectivity index (χ3n) is 3.47. The van der Waals surface area contributed by atoms with Crippen molar-refractivity contribution in [3.05, 3.63) is 0 Å². The number of hydrogen-bond acceptors (Lipinski definition) is 7. The highest BCUT2D eigenvalue weighted by molar-refractivity contribution is 5.89. The van der Waals surface area contributed by atoms with Crippen LogP contribution >= 0.6 is 0 Å². The van der Waals surface area contributed by atoms with Gasteiger partial charge in [-0.1, -0.05) is 0 Å². The number of alkyl carbamates (subject to hydrolysis) is 2. The van der Waals surface area contributed by atoms with Crippen LogP contribution in [0, 0.1) is 0 Å². The van der Waals surface area contributed by atoms with Gasteiger partial charge in [-0.05, 0) is 61.4 Å². The molecule has 11 heteroatoms. The van der Waals surface area contributed by atoms with Crippen molar-refractivity contribution in [1.82, 2.24) is 26.6 Å². The van der Waals surface area contributed by atoms with E-state index >= 15 is 0 Å². The number of carbonyl (C=O) groups is 4. The smallest absolute Gasteiger partial charge is 0.408 e. The molecule has 0 fully saturated rings. The van der Waals surface area contributed by atoms with Gasteiger partial charge in [-0.25, -0.2) is 9.59 Å². The second-order valence-electron chi connectivity index (χ2n) is 8.94. The summed E-state index contributed by atoms with van der Waals surface area (Å²) in [5, 5.41) is 13.2. The highest BCUT2D eigenvalue weighted by Gasteiger charge is 2.24. The van der Waals surface area contributed by atoms with E-state index in [1.807, 2.05) is 0 Å². The number of amides is 4.